The number of ketones is 1. The van der Waals surface area contributed by atoms with Gasteiger partial charge in [0.05, 0.1) is 25.0 Å². The van der Waals surface area contributed by atoms with Crippen molar-refractivity contribution in [1.29, 1.82) is 5.26 Å². The van der Waals surface area contributed by atoms with Crippen LogP contribution in [-0.2, 0) is 9.59 Å². The number of quaternary nitrogens is 1. The number of aromatic nitrogens is 1. The first-order valence-corrected chi connectivity index (χ1v) is 9.07. The predicted octanol–water partition coefficient (Wildman–Crippen LogP) is 1.55. The maximum absolute atomic E-state index is 13.5. The van der Waals surface area contributed by atoms with Crippen LogP contribution in [0.1, 0.15) is 5.69 Å². The number of piperazine rings is 1. The first kappa shape index (κ1) is 18.7. The van der Waals surface area contributed by atoms with E-state index < -0.39 is 40.5 Å². The van der Waals surface area contributed by atoms with E-state index in [9.17, 15) is 32.8 Å². The molecule has 3 saturated heterocycles. The number of fused-ring (bicyclic) bond motifs is 2. The lowest BCUT2D eigenvalue weighted by Crippen LogP contribution is -2.64. The van der Waals surface area contributed by atoms with Gasteiger partial charge in [-0.25, -0.2) is 19.2 Å². The molecule has 1 aromatic heterocycles. The van der Waals surface area contributed by atoms with E-state index in [0.29, 0.717) is 10.8 Å². The molecule has 2 aromatic rings. The number of benzene rings is 1. The van der Waals surface area contributed by atoms with E-state index in [4.69, 9.17) is 0 Å². The molecule has 8 nitrogen and oxygen atoms in total. The number of hydrogen-bond donors (Lipinski definition) is 0. The van der Waals surface area contributed by atoms with Gasteiger partial charge in [0.1, 0.15) is 18.4 Å². The quantitative estimate of drug-likeness (QED) is 0.545. The summed E-state index contributed by atoms with van der Waals surface area (Å²) in [4.78, 5) is 45.1. The molecule has 11 heteroatoms. The molecule has 3 fully saturated rings. The van der Waals surface area contributed by atoms with Crippen molar-refractivity contribution in [2.45, 2.75) is 18.3 Å². The lowest BCUT2D eigenvalue weighted by molar-refractivity contribution is -0.853. The fourth-order valence-corrected chi connectivity index (χ4v) is 4.90. The van der Waals surface area contributed by atoms with Crippen LogP contribution in [-0.4, -0.2) is 70.1 Å². The standard InChI is InChI=1S/C19H13F3N5O3/c20-19(21,22)16(28)14-7-25-8-15-17(29)26(18(30)27(14,15)9-25)13-6-24-12(5-23)10-3-1-2-4-11(10)13/h1-4,6,14-15H,7-9H2/q+1. The van der Waals surface area contributed by atoms with E-state index in [1.807, 2.05) is 6.07 Å². The highest BCUT2D eigenvalue weighted by Gasteiger charge is 2.75. The van der Waals surface area contributed by atoms with Crippen LogP contribution in [0, 0.1) is 11.3 Å². The molecule has 0 radical (unpaired) electrons. The SMILES string of the molecule is N#Cc1ncc(N2C(=O)C3CN4CC(C(=O)C(F)(F)F)[N+]3(C4)C2=O)c2ccccc12. The summed E-state index contributed by atoms with van der Waals surface area (Å²) in [5.74, 6) is -2.67. The average Bonchev–Trinajstić information content (AvgIpc) is 3.35. The largest absolute Gasteiger partial charge is 0.456 e. The predicted molar refractivity (Wildman–Crippen MR) is 94.7 cm³/mol. The minimum atomic E-state index is -5.10. The Hall–Kier alpha value is -3.36. The molecular formula is C19H13F3N5O3+. The zero-order chi connectivity index (χ0) is 21.4. The summed E-state index contributed by atoms with van der Waals surface area (Å²) in [6.45, 7) is -0.252. The minimum Gasteiger partial charge on any atom is -0.283 e. The van der Waals surface area contributed by atoms with Crippen molar-refractivity contribution in [2.75, 3.05) is 24.7 Å². The second kappa shape index (κ2) is 5.84. The van der Waals surface area contributed by atoms with Gasteiger partial charge in [-0.2, -0.15) is 23.3 Å². The average molecular weight is 416 g/mol. The molecule has 4 unspecified atom stereocenters. The number of alkyl halides is 3. The monoisotopic (exact) mass is 416 g/mol. The van der Waals surface area contributed by atoms with Crippen molar-refractivity contribution in [3.8, 4) is 6.07 Å². The Labute approximate surface area is 167 Å². The fourth-order valence-electron chi connectivity index (χ4n) is 4.90. The molecule has 4 atom stereocenters. The molecule has 3 aliphatic heterocycles. The number of nitrogens with zero attached hydrogens (tertiary/aromatic N) is 5. The number of Topliss-reactive ketones (excluding diaryl/α,β-unsaturated/α-hetero) is 1. The molecule has 1 aromatic carbocycles. The van der Waals surface area contributed by atoms with Crippen LogP contribution >= 0.6 is 0 Å². The maximum atomic E-state index is 13.5. The third kappa shape index (κ3) is 2.17. The summed E-state index contributed by atoms with van der Waals surface area (Å²) in [6, 6.07) is 4.83. The van der Waals surface area contributed by atoms with Crippen LogP contribution in [0.3, 0.4) is 0 Å². The number of nitriles is 1. The number of pyridine rings is 1. The van der Waals surface area contributed by atoms with Gasteiger partial charge in [0.15, 0.2) is 12.1 Å². The minimum absolute atomic E-state index is 0.0955. The third-order valence-electron chi connectivity index (χ3n) is 6.16. The summed E-state index contributed by atoms with van der Waals surface area (Å²) >= 11 is 0. The summed E-state index contributed by atoms with van der Waals surface area (Å²) in [6.07, 6.45) is -3.90. The van der Waals surface area contributed by atoms with Crippen molar-refractivity contribution in [3.63, 3.8) is 0 Å². The molecular weight excluding hydrogens is 403 g/mol. The summed E-state index contributed by atoms with van der Waals surface area (Å²) < 4.78 is 38.7. The van der Waals surface area contributed by atoms with Gasteiger partial charge in [0.25, 0.3) is 11.7 Å². The van der Waals surface area contributed by atoms with Gasteiger partial charge in [0, 0.05) is 10.8 Å². The Balaban J connectivity index is 1.66. The number of carbonyl (C=O) groups excluding carboxylic acids is 3. The van der Waals surface area contributed by atoms with E-state index in [-0.39, 0.29) is 31.1 Å². The number of anilines is 1. The van der Waals surface area contributed by atoms with Crippen LogP contribution < -0.4 is 4.90 Å². The lowest BCUT2D eigenvalue weighted by Gasteiger charge is -2.33. The summed E-state index contributed by atoms with van der Waals surface area (Å²) in [5.41, 5.74) is 0.191. The second-order valence-electron chi connectivity index (χ2n) is 7.61. The van der Waals surface area contributed by atoms with Crippen molar-refractivity contribution in [1.82, 2.24) is 9.88 Å². The molecule has 1 spiro atoms. The van der Waals surface area contributed by atoms with E-state index in [0.717, 1.165) is 4.90 Å². The van der Waals surface area contributed by atoms with Crippen LogP contribution in [0.5, 0.6) is 0 Å². The molecule has 3 aliphatic rings. The van der Waals surface area contributed by atoms with Gasteiger partial charge in [-0.1, -0.05) is 24.3 Å². The molecule has 0 aliphatic carbocycles. The van der Waals surface area contributed by atoms with Gasteiger partial charge < -0.3 is 0 Å². The number of imide groups is 1. The molecule has 152 valence electrons. The van der Waals surface area contributed by atoms with Gasteiger partial charge in [-0.05, 0) is 0 Å². The molecule has 4 heterocycles. The molecule has 3 amide bonds. The van der Waals surface area contributed by atoms with Crippen LogP contribution in [0.2, 0.25) is 0 Å². The van der Waals surface area contributed by atoms with Crippen molar-refractivity contribution < 1.29 is 32.0 Å². The van der Waals surface area contributed by atoms with E-state index in [1.165, 1.54) is 6.20 Å². The van der Waals surface area contributed by atoms with Gasteiger partial charge in [-0.15, -0.1) is 0 Å². The highest BCUT2D eigenvalue weighted by molar-refractivity contribution is 6.22. The topological polar surface area (TPSA) is 94.4 Å². The molecule has 2 bridgehead atoms. The lowest BCUT2D eigenvalue weighted by atomic mass is 10.0. The van der Waals surface area contributed by atoms with Crippen LogP contribution in [0.15, 0.2) is 30.5 Å². The number of carbonyl (C=O) groups is 3. The summed E-state index contributed by atoms with van der Waals surface area (Å²) in [5, 5.41) is 10.1. The smallest absolute Gasteiger partial charge is 0.283 e. The van der Waals surface area contributed by atoms with Gasteiger partial charge in [0.2, 0.25) is 0 Å². The van der Waals surface area contributed by atoms with Crippen molar-refractivity contribution in [2.24, 2.45) is 0 Å². The first-order valence-electron chi connectivity index (χ1n) is 9.07. The van der Waals surface area contributed by atoms with Crippen LogP contribution in [0.4, 0.5) is 23.7 Å². The number of amides is 3. The van der Waals surface area contributed by atoms with E-state index >= 15 is 0 Å². The normalized spacial score (nSPS) is 30.1. The first-order chi connectivity index (χ1) is 14.2. The Morgan fingerprint density at radius 1 is 1.20 bits per heavy atom. The highest BCUT2D eigenvalue weighted by atomic mass is 19.4. The Morgan fingerprint density at radius 3 is 2.57 bits per heavy atom. The van der Waals surface area contributed by atoms with E-state index in [2.05, 4.69) is 4.98 Å². The van der Waals surface area contributed by atoms with Crippen molar-refractivity contribution >= 4 is 34.2 Å². The Kier molecular flexibility index (Phi) is 3.63. The summed E-state index contributed by atoms with van der Waals surface area (Å²) in [7, 11) is 0. The molecule has 0 saturated carbocycles. The second-order valence-corrected chi connectivity index (χ2v) is 7.61. The van der Waals surface area contributed by atoms with Gasteiger partial charge in [-0.3, -0.25) is 9.59 Å². The fraction of sp³-hybridized carbons (Fsp3) is 0.316. The van der Waals surface area contributed by atoms with Gasteiger partial charge >= 0.3 is 12.2 Å². The van der Waals surface area contributed by atoms with Crippen LogP contribution in [0.25, 0.3) is 10.8 Å². The zero-order valence-corrected chi connectivity index (χ0v) is 15.3. The Bertz CT molecular complexity index is 1190. The highest BCUT2D eigenvalue weighted by Crippen LogP contribution is 2.46. The molecule has 5 rings (SSSR count). The zero-order valence-electron chi connectivity index (χ0n) is 15.3. The number of halogens is 3. The number of urea groups is 1. The molecule has 30 heavy (non-hydrogen) atoms. The van der Waals surface area contributed by atoms with Crippen molar-refractivity contribution in [3.05, 3.63) is 36.2 Å². The third-order valence-corrected chi connectivity index (χ3v) is 6.16. The molecule has 0 N–H and O–H groups in total. The van der Waals surface area contributed by atoms with E-state index in [1.54, 1.807) is 29.2 Å². The Morgan fingerprint density at radius 2 is 1.90 bits per heavy atom. The maximum Gasteiger partial charge on any atom is 0.456 e. The number of hydrogen-bond acceptors (Lipinski definition) is 6. The number of rotatable bonds is 2.